The Bertz CT molecular complexity index is 1630. The molecule has 9 nitrogen and oxygen atoms in total. The number of hydrogen-bond donors (Lipinski definition) is 2. The van der Waals surface area contributed by atoms with Crippen LogP contribution in [0, 0.1) is 13.8 Å². The van der Waals surface area contributed by atoms with Crippen LogP contribution in [-0.2, 0) is 19.5 Å². The minimum atomic E-state index is -0.603. The molecule has 0 aliphatic heterocycles. The molecule has 0 aliphatic rings. The molecule has 0 atom stereocenters. The summed E-state index contributed by atoms with van der Waals surface area (Å²) in [6.45, 7) is 6.69. The highest BCUT2D eigenvalue weighted by molar-refractivity contribution is 9.10. The van der Waals surface area contributed by atoms with Crippen molar-refractivity contribution in [1.29, 1.82) is 0 Å². The second-order valence-electron chi connectivity index (χ2n) is 8.66. The van der Waals surface area contributed by atoms with Gasteiger partial charge in [-0.15, -0.1) is 0 Å². The van der Waals surface area contributed by atoms with Gasteiger partial charge >= 0.3 is 0 Å². The van der Waals surface area contributed by atoms with Crippen molar-refractivity contribution in [2.75, 3.05) is 5.32 Å². The first-order valence-electron chi connectivity index (χ1n) is 11.6. The first-order chi connectivity index (χ1) is 17.2. The fraction of sp³-hybridized carbons (Fsp3) is 0.231. The molecule has 5 rings (SSSR count). The third-order valence-electron chi connectivity index (χ3n) is 6.09. The standard InChI is InChI=1S/C26H25BrN6O3/c1-4-33-21(11-14(2)31-33)25(35)30-26-29-20-13-19(24(28)34)23-18(12-15(3)36-23)22(20)32(26)10-9-16-5-7-17(27)8-6-16/h5-8,11-13H,4,9-10H2,1-3H3,(H2,28,34)(H,29,30,35). The number of nitrogens with two attached hydrogens (primary N) is 1. The molecule has 2 aromatic carbocycles. The molecule has 184 valence electrons. The van der Waals surface area contributed by atoms with Crippen molar-refractivity contribution in [2.45, 2.75) is 40.3 Å². The Labute approximate surface area is 215 Å². The van der Waals surface area contributed by atoms with Crippen molar-refractivity contribution < 1.29 is 14.0 Å². The van der Waals surface area contributed by atoms with E-state index in [1.807, 2.05) is 55.7 Å². The number of carbonyl (C=O) groups excluding carboxylic acids is 2. The van der Waals surface area contributed by atoms with Crippen molar-refractivity contribution in [3.8, 4) is 0 Å². The smallest absolute Gasteiger partial charge is 0.276 e. The number of rotatable bonds is 7. The van der Waals surface area contributed by atoms with Crippen LogP contribution in [0.2, 0.25) is 0 Å². The van der Waals surface area contributed by atoms with E-state index in [1.165, 1.54) is 0 Å². The minimum absolute atomic E-state index is 0.251. The third kappa shape index (κ3) is 4.28. The SMILES string of the molecule is CCn1nc(C)cc1C(=O)Nc1nc2cc(C(N)=O)c3oc(C)cc3c2n1CCc1ccc(Br)cc1. The minimum Gasteiger partial charge on any atom is -0.460 e. The van der Waals surface area contributed by atoms with Crippen LogP contribution in [0.1, 0.15) is 44.8 Å². The van der Waals surface area contributed by atoms with Gasteiger partial charge in [0.2, 0.25) is 5.95 Å². The molecule has 3 heterocycles. The van der Waals surface area contributed by atoms with Gasteiger partial charge < -0.3 is 14.7 Å². The number of nitrogens with zero attached hydrogens (tertiary/aromatic N) is 4. The number of aryl methyl sites for hydroxylation is 5. The number of carbonyl (C=O) groups is 2. The molecule has 0 aliphatic carbocycles. The number of amides is 2. The molecule has 0 spiro atoms. The number of benzene rings is 2. The molecular weight excluding hydrogens is 524 g/mol. The maximum atomic E-state index is 13.3. The number of nitrogens with one attached hydrogen (secondary N) is 1. The van der Waals surface area contributed by atoms with Gasteiger partial charge in [-0.2, -0.15) is 5.10 Å². The van der Waals surface area contributed by atoms with Gasteiger partial charge in [-0.25, -0.2) is 4.98 Å². The summed E-state index contributed by atoms with van der Waals surface area (Å²) in [6.07, 6.45) is 0.698. The average Bonchev–Trinajstić information content (AvgIpc) is 3.51. The van der Waals surface area contributed by atoms with Crippen LogP contribution in [-0.4, -0.2) is 31.1 Å². The molecule has 0 fully saturated rings. The van der Waals surface area contributed by atoms with Gasteiger partial charge in [0, 0.05) is 22.9 Å². The lowest BCUT2D eigenvalue weighted by Crippen LogP contribution is -2.20. The molecule has 10 heteroatoms. The van der Waals surface area contributed by atoms with Gasteiger partial charge in [-0.3, -0.25) is 19.6 Å². The van der Waals surface area contributed by atoms with Crippen molar-refractivity contribution >= 4 is 55.7 Å². The normalized spacial score (nSPS) is 11.4. The molecular formula is C26H25BrN6O3. The van der Waals surface area contributed by atoms with Crippen LogP contribution in [0.4, 0.5) is 5.95 Å². The second-order valence-corrected chi connectivity index (χ2v) is 9.58. The van der Waals surface area contributed by atoms with Crippen LogP contribution in [0.25, 0.3) is 22.0 Å². The number of imidazole rings is 1. The fourth-order valence-corrected chi connectivity index (χ4v) is 4.74. The number of fused-ring (bicyclic) bond motifs is 3. The van der Waals surface area contributed by atoms with Crippen LogP contribution in [0.3, 0.4) is 0 Å². The number of furan rings is 1. The molecule has 5 aromatic rings. The summed E-state index contributed by atoms with van der Waals surface area (Å²) in [5, 5.41) is 8.06. The van der Waals surface area contributed by atoms with E-state index in [1.54, 1.807) is 16.8 Å². The van der Waals surface area contributed by atoms with Crippen molar-refractivity contribution in [2.24, 2.45) is 5.73 Å². The summed E-state index contributed by atoms with van der Waals surface area (Å²) in [5.74, 6) is 0.102. The monoisotopic (exact) mass is 548 g/mol. The van der Waals surface area contributed by atoms with Crippen LogP contribution < -0.4 is 11.1 Å². The lowest BCUT2D eigenvalue weighted by molar-refractivity contribution is 0.0996. The Balaban J connectivity index is 1.64. The van der Waals surface area contributed by atoms with E-state index in [0.717, 1.165) is 26.6 Å². The Kier molecular flexibility index (Phi) is 6.13. The van der Waals surface area contributed by atoms with Crippen molar-refractivity contribution in [3.05, 3.63) is 75.2 Å². The lowest BCUT2D eigenvalue weighted by Gasteiger charge is -2.11. The molecule has 0 bridgehead atoms. The Morgan fingerprint density at radius 2 is 1.89 bits per heavy atom. The molecule has 0 saturated carbocycles. The third-order valence-corrected chi connectivity index (χ3v) is 6.62. The first kappa shape index (κ1) is 23.8. The Morgan fingerprint density at radius 3 is 2.58 bits per heavy atom. The lowest BCUT2D eigenvalue weighted by atomic mass is 10.1. The zero-order chi connectivity index (χ0) is 25.6. The fourth-order valence-electron chi connectivity index (χ4n) is 4.47. The molecule has 3 aromatic heterocycles. The number of hydrogen-bond acceptors (Lipinski definition) is 5. The van der Waals surface area contributed by atoms with E-state index in [4.69, 9.17) is 15.1 Å². The van der Waals surface area contributed by atoms with Gasteiger partial charge in [0.15, 0.2) is 0 Å². The van der Waals surface area contributed by atoms with Gasteiger partial charge in [-0.1, -0.05) is 28.1 Å². The van der Waals surface area contributed by atoms with E-state index in [2.05, 4.69) is 26.3 Å². The molecule has 0 saturated heterocycles. The van der Waals surface area contributed by atoms with E-state index in [0.29, 0.717) is 48.0 Å². The number of halogens is 1. The van der Waals surface area contributed by atoms with Crippen LogP contribution in [0.15, 0.2) is 51.4 Å². The van der Waals surface area contributed by atoms with E-state index in [9.17, 15) is 9.59 Å². The molecule has 36 heavy (non-hydrogen) atoms. The maximum Gasteiger partial charge on any atom is 0.276 e. The van der Waals surface area contributed by atoms with Crippen molar-refractivity contribution in [3.63, 3.8) is 0 Å². The molecule has 3 N–H and O–H groups in total. The number of aromatic nitrogens is 4. The topological polar surface area (TPSA) is 121 Å². The quantitative estimate of drug-likeness (QED) is 0.297. The highest BCUT2D eigenvalue weighted by Crippen LogP contribution is 2.33. The van der Waals surface area contributed by atoms with Crippen LogP contribution >= 0.6 is 15.9 Å². The second kappa shape index (κ2) is 9.27. The summed E-state index contributed by atoms with van der Waals surface area (Å²) in [4.78, 5) is 30.2. The number of anilines is 1. The largest absolute Gasteiger partial charge is 0.460 e. The predicted molar refractivity (Wildman–Crippen MR) is 141 cm³/mol. The van der Waals surface area contributed by atoms with Gasteiger partial charge in [0.05, 0.1) is 22.3 Å². The first-order valence-corrected chi connectivity index (χ1v) is 12.4. The molecule has 0 unspecified atom stereocenters. The van der Waals surface area contributed by atoms with E-state index < -0.39 is 5.91 Å². The van der Waals surface area contributed by atoms with Gasteiger partial charge in [0.1, 0.15) is 17.0 Å². The van der Waals surface area contributed by atoms with Crippen molar-refractivity contribution in [1.82, 2.24) is 19.3 Å². The summed E-state index contributed by atoms with van der Waals surface area (Å²) in [7, 11) is 0. The zero-order valence-corrected chi connectivity index (χ0v) is 21.7. The summed E-state index contributed by atoms with van der Waals surface area (Å²) < 4.78 is 10.5. The zero-order valence-electron chi connectivity index (χ0n) is 20.1. The molecule has 0 radical (unpaired) electrons. The summed E-state index contributed by atoms with van der Waals surface area (Å²) in [5.41, 5.74) is 9.95. The van der Waals surface area contributed by atoms with E-state index >= 15 is 0 Å². The summed E-state index contributed by atoms with van der Waals surface area (Å²) in [6, 6.07) is 13.3. The predicted octanol–water partition coefficient (Wildman–Crippen LogP) is 4.97. The van der Waals surface area contributed by atoms with Crippen LogP contribution in [0.5, 0.6) is 0 Å². The summed E-state index contributed by atoms with van der Waals surface area (Å²) >= 11 is 3.47. The molecule has 2 amide bonds. The number of primary amides is 1. The Morgan fingerprint density at radius 1 is 1.14 bits per heavy atom. The highest BCUT2D eigenvalue weighted by Gasteiger charge is 2.23. The average molecular weight is 549 g/mol. The van der Waals surface area contributed by atoms with Gasteiger partial charge in [-0.05, 0) is 63.1 Å². The highest BCUT2D eigenvalue weighted by atomic mass is 79.9. The van der Waals surface area contributed by atoms with Gasteiger partial charge in [0.25, 0.3) is 11.8 Å². The van der Waals surface area contributed by atoms with E-state index in [-0.39, 0.29) is 11.5 Å². The maximum absolute atomic E-state index is 13.3. The Hall–Kier alpha value is -3.92.